The fraction of sp³-hybridized carbons (Fsp3) is 0.500. The third-order valence-corrected chi connectivity index (χ3v) is 4.65. The molecule has 3 rings (SSSR count). The average molecular weight is 327 g/mol. The third kappa shape index (κ3) is 4.20. The van der Waals surface area contributed by atoms with E-state index in [2.05, 4.69) is 38.9 Å². The zero-order chi connectivity index (χ0) is 16.8. The van der Waals surface area contributed by atoms with Gasteiger partial charge in [-0.2, -0.15) is 5.10 Å². The van der Waals surface area contributed by atoms with Crippen LogP contribution in [0, 0.1) is 0 Å². The number of carbonyl (C=O) groups excluding carboxylic acids is 1. The largest absolute Gasteiger partial charge is 0.334 e. The summed E-state index contributed by atoms with van der Waals surface area (Å²) in [5.41, 5.74) is 1.19. The van der Waals surface area contributed by atoms with Crippen molar-refractivity contribution in [2.75, 3.05) is 19.6 Å². The molecule has 1 fully saturated rings. The van der Waals surface area contributed by atoms with E-state index in [9.17, 15) is 4.79 Å². The molecule has 1 aromatic heterocycles. The number of benzene rings is 1. The van der Waals surface area contributed by atoms with Gasteiger partial charge in [0.15, 0.2) is 0 Å². The maximum atomic E-state index is 12.6. The maximum Gasteiger partial charge on any atom is 0.224 e. The average Bonchev–Trinajstić information content (AvgIpc) is 3.08. The molecular formula is C18H25N5O. The molecule has 1 aliphatic heterocycles. The van der Waals surface area contributed by atoms with Crippen molar-refractivity contribution in [3.05, 3.63) is 48.5 Å². The molecule has 0 saturated carbocycles. The van der Waals surface area contributed by atoms with Crippen LogP contribution in [0.4, 0.5) is 0 Å². The Labute approximate surface area is 143 Å². The van der Waals surface area contributed by atoms with E-state index in [4.69, 9.17) is 0 Å². The summed E-state index contributed by atoms with van der Waals surface area (Å²) >= 11 is 0. The molecule has 1 aromatic carbocycles. The maximum absolute atomic E-state index is 12.6. The van der Waals surface area contributed by atoms with Crippen molar-refractivity contribution in [2.45, 2.75) is 38.9 Å². The second-order valence-electron chi connectivity index (χ2n) is 6.28. The van der Waals surface area contributed by atoms with Gasteiger partial charge in [-0.05, 0) is 12.0 Å². The Hall–Kier alpha value is -2.21. The van der Waals surface area contributed by atoms with Crippen LogP contribution in [0.5, 0.6) is 0 Å². The molecule has 24 heavy (non-hydrogen) atoms. The standard InChI is InChI=1S/C18H25N5O/c1-2-17-13-21(10-11-22-15-19-14-20-22)9-8-18(24)23(17)12-16-6-4-3-5-7-16/h3-7,14-15,17H,2,8-13H2,1H3/t17-/m0/s1. The first-order valence-electron chi connectivity index (χ1n) is 8.64. The van der Waals surface area contributed by atoms with Gasteiger partial charge in [0.2, 0.25) is 5.91 Å². The van der Waals surface area contributed by atoms with Gasteiger partial charge in [0.1, 0.15) is 12.7 Å². The SMILES string of the molecule is CC[C@H]1CN(CCn2cncn2)CCC(=O)N1Cc1ccccc1. The molecule has 2 aromatic rings. The van der Waals surface area contributed by atoms with Gasteiger partial charge in [-0.25, -0.2) is 4.98 Å². The van der Waals surface area contributed by atoms with E-state index in [1.54, 1.807) is 12.7 Å². The molecule has 1 saturated heterocycles. The minimum absolute atomic E-state index is 0.258. The second kappa shape index (κ2) is 8.06. The molecule has 0 aliphatic carbocycles. The van der Waals surface area contributed by atoms with E-state index in [0.29, 0.717) is 13.0 Å². The number of rotatable bonds is 6. The number of aromatic nitrogens is 3. The highest BCUT2D eigenvalue weighted by Crippen LogP contribution is 2.17. The molecule has 0 spiro atoms. The van der Waals surface area contributed by atoms with Crippen molar-refractivity contribution >= 4 is 5.91 Å². The van der Waals surface area contributed by atoms with Gasteiger partial charge >= 0.3 is 0 Å². The van der Waals surface area contributed by atoms with Crippen molar-refractivity contribution in [3.8, 4) is 0 Å². The van der Waals surface area contributed by atoms with Crippen LogP contribution >= 0.6 is 0 Å². The summed E-state index contributed by atoms with van der Waals surface area (Å²) in [6, 6.07) is 10.5. The molecular weight excluding hydrogens is 302 g/mol. The molecule has 0 radical (unpaired) electrons. The van der Waals surface area contributed by atoms with Gasteiger partial charge in [-0.1, -0.05) is 37.3 Å². The van der Waals surface area contributed by atoms with E-state index in [1.807, 2.05) is 22.9 Å². The predicted molar refractivity (Wildman–Crippen MR) is 92.2 cm³/mol. The van der Waals surface area contributed by atoms with E-state index in [1.165, 1.54) is 5.56 Å². The first-order valence-corrected chi connectivity index (χ1v) is 8.64. The van der Waals surface area contributed by atoms with Crippen molar-refractivity contribution in [3.63, 3.8) is 0 Å². The lowest BCUT2D eigenvalue weighted by atomic mass is 10.1. The van der Waals surface area contributed by atoms with Crippen molar-refractivity contribution in [1.29, 1.82) is 0 Å². The molecule has 6 nitrogen and oxygen atoms in total. The zero-order valence-electron chi connectivity index (χ0n) is 14.2. The number of hydrogen-bond donors (Lipinski definition) is 0. The van der Waals surface area contributed by atoms with Gasteiger partial charge in [0, 0.05) is 38.6 Å². The number of amides is 1. The van der Waals surface area contributed by atoms with E-state index in [-0.39, 0.29) is 11.9 Å². The first kappa shape index (κ1) is 16.6. The fourth-order valence-corrected chi connectivity index (χ4v) is 3.23. The Balaban J connectivity index is 1.64. The molecule has 0 unspecified atom stereocenters. The summed E-state index contributed by atoms with van der Waals surface area (Å²) in [5.74, 6) is 0.258. The van der Waals surface area contributed by atoms with Gasteiger partial charge in [-0.3, -0.25) is 14.4 Å². The smallest absolute Gasteiger partial charge is 0.224 e. The summed E-state index contributed by atoms with van der Waals surface area (Å²) in [6.45, 7) is 6.31. The van der Waals surface area contributed by atoms with Crippen LogP contribution in [0.3, 0.4) is 0 Å². The fourth-order valence-electron chi connectivity index (χ4n) is 3.23. The molecule has 1 amide bonds. The first-order chi connectivity index (χ1) is 11.8. The summed E-state index contributed by atoms with van der Waals surface area (Å²) in [7, 11) is 0. The van der Waals surface area contributed by atoms with Crippen LogP contribution < -0.4 is 0 Å². The predicted octanol–water partition coefficient (Wildman–Crippen LogP) is 1.79. The summed E-state index contributed by atoms with van der Waals surface area (Å²) in [5, 5.41) is 4.15. The highest BCUT2D eigenvalue weighted by molar-refractivity contribution is 5.77. The topological polar surface area (TPSA) is 54.3 Å². The lowest BCUT2D eigenvalue weighted by molar-refractivity contribution is -0.133. The lowest BCUT2D eigenvalue weighted by Crippen LogP contribution is -2.42. The molecule has 0 bridgehead atoms. The quantitative estimate of drug-likeness (QED) is 0.812. The van der Waals surface area contributed by atoms with Crippen LogP contribution in [0.15, 0.2) is 43.0 Å². The number of nitrogens with zero attached hydrogens (tertiary/aromatic N) is 5. The Bertz CT molecular complexity index is 628. The summed E-state index contributed by atoms with van der Waals surface area (Å²) < 4.78 is 1.84. The highest BCUT2D eigenvalue weighted by Gasteiger charge is 2.28. The Morgan fingerprint density at radius 2 is 2.04 bits per heavy atom. The van der Waals surface area contributed by atoms with Crippen LogP contribution in [-0.4, -0.2) is 56.1 Å². The van der Waals surface area contributed by atoms with E-state index < -0.39 is 0 Å². The van der Waals surface area contributed by atoms with Crippen molar-refractivity contribution < 1.29 is 4.79 Å². The van der Waals surface area contributed by atoms with E-state index >= 15 is 0 Å². The second-order valence-corrected chi connectivity index (χ2v) is 6.28. The summed E-state index contributed by atoms with van der Waals surface area (Å²) in [6.07, 6.45) is 4.85. The summed E-state index contributed by atoms with van der Waals surface area (Å²) in [4.78, 5) is 21.0. The van der Waals surface area contributed by atoms with Gasteiger partial charge < -0.3 is 4.90 Å². The zero-order valence-corrected chi connectivity index (χ0v) is 14.2. The molecule has 1 aliphatic rings. The lowest BCUT2D eigenvalue weighted by Gasteiger charge is -2.31. The Kier molecular flexibility index (Phi) is 5.59. The monoisotopic (exact) mass is 327 g/mol. The van der Waals surface area contributed by atoms with Crippen LogP contribution in [0.1, 0.15) is 25.3 Å². The number of hydrogen-bond acceptors (Lipinski definition) is 4. The third-order valence-electron chi connectivity index (χ3n) is 4.65. The molecule has 6 heteroatoms. The van der Waals surface area contributed by atoms with Crippen molar-refractivity contribution in [2.24, 2.45) is 0 Å². The molecule has 0 N–H and O–H groups in total. The minimum atomic E-state index is 0.258. The van der Waals surface area contributed by atoms with Crippen LogP contribution in [0.25, 0.3) is 0 Å². The van der Waals surface area contributed by atoms with Gasteiger partial charge in [0.25, 0.3) is 0 Å². The van der Waals surface area contributed by atoms with Gasteiger partial charge in [-0.15, -0.1) is 0 Å². The Morgan fingerprint density at radius 1 is 1.21 bits per heavy atom. The molecule has 128 valence electrons. The normalized spacial score (nSPS) is 19.5. The van der Waals surface area contributed by atoms with E-state index in [0.717, 1.165) is 32.6 Å². The van der Waals surface area contributed by atoms with Gasteiger partial charge in [0.05, 0.1) is 6.54 Å². The Morgan fingerprint density at radius 3 is 2.75 bits per heavy atom. The van der Waals surface area contributed by atoms with Crippen molar-refractivity contribution in [1.82, 2.24) is 24.6 Å². The number of carbonyl (C=O) groups is 1. The minimum Gasteiger partial charge on any atom is -0.334 e. The van der Waals surface area contributed by atoms with Crippen LogP contribution in [0.2, 0.25) is 0 Å². The highest BCUT2D eigenvalue weighted by atomic mass is 16.2. The van der Waals surface area contributed by atoms with Crippen LogP contribution in [-0.2, 0) is 17.9 Å². The molecule has 1 atom stereocenters. The molecule has 2 heterocycles.